The van der Waals surface area contributed by atoms with Crippen molar-refractivity contribution < 1.29 is 14.7 Å². The molecule has 1 aromatic rings. The van der Waals surface area contributed by atoms with Gasteiger partial charge >= 0.3 is 5.97 Å². The molecule has 0 aliphatic carbocycles. The number of amides is 1. The average Bonchev–Trinajstić information content (AvgIpc) is 2.78. The molecule has 0 aromatic heterocycles. The molecule has 108 valence electrons. The molecule has 0 radical (unpaired) electrons. The maximum Gasteiger partial charge on any atom is 0.303 e. The summed E-state index contributed by atoms with van der Waals surface area (Å²) in [6.07, 6.45) is 1.18. The minimum Gasteiger partial charge on any atom is -0.481 e. The van der Waals surface area contributed by atoms with Crippen LogP contribution >= 0.6 is 0 Å². The van der Waals surface area contributed by atoms with Crippen LogP contribution in [0.3, 0.4) is 0 Å². The fourth-order valence-electron chi connectivity index (χ4n) is 2.74. The Hall–Kier alpha value is -1.88. The Morgan fingerprint density at radius 3 is 2.80 bits per heavy atom. The van der Waals surface area contributed by atoms with E-state index in [1.54, 1.807) is 6.07 Å². The van der Waals surface area contributed by atoms with Gasteiger partial charge in [-0.15, -0.1) is 0 Å². The van der Waals surface area contributed by atoms with Gasteiger partial charge in [-0.05, 0) is 49.1 Å². The van der Waals surface area contributed by atoms with E-state index in [0.717, 1.165) is 37.2 Å². The molecule has 1 aliphatic rings. The summed E-state index contributed by atoms with van der Waals surface area (Å²) in [5, 5.41) is 8.81. The molecule has 5 nitrogen and oxygen atoms in total. The summed E-state index contributed by atoms with van der Waals surface area (Å²) in [5.41, 5.74) is 7.98. The van der Waals surface area contributed by atoms with E-state index in [-0.39, 0.29) is 12.3 Å². The van der Waals surface area contributed by atoms with Gasteiger partial charge in [-0.25, -0.2) is 0 Å². The summed E-state index contributed by atoms with van der Waals surface area (Å²) in [6.45, 7) is 4.51. The van der Waals surface area contributed by atoms with E-state index >= 15 is 0 Å². The molecule has 0 saturated carbocycles. The first kappa shape index (κ1) is 14.5. The topological polar surface area (TPSA) is 83.6 Å². The van der Waals surface area contributed by atoms with Gasteiger partial charge in [0.05, 0.1) is 0 Å². The van der Waals surface area contributed by atoms with Crippen LogP contribution in [0.4, 0.5) is 0 Å². The van der Waals surface area contributed by atoms with Crippen molar-refractivity contribution in [2.75, 3.05) is 13.1 Å². The largest absolute Gasteiger partial charge is 0.481 e. The molecular formula is C15H20N2O3. The Morgan fingerprint density at radius 2 is 2.20 bits per heavy atom. The van der Waals surface area contributed by atoms with Gasteiger partial charge in [0.15, 0.2) is 0 Å². The van der Waals surface area contributed by atoms with Crippen LogP contribution in [0.15, 0.2) is 18.2 Å². The van der Waals surface area contributed by atoms with E-state index in [1.807, 2.05) is 19.1 Å². The predicted molar refractivity (Wildman–Crippen MR) is 75.3 cm³/mol. The van der Waals surface area contributed by atoms with Crippen LogP contribution in [-0.2, 0) is 11.3 Å². The number of rotatable bonds is 5. The van der Waals surface area contributed by atoms with Crippen molar-refractivity contribution in [1.29, 1.82) is 0 Å². The molecule has 3 N–H and O–H groups in total. The Morgan fingerprint density at radius 1 is 1.45 bits per heavy atom. The van der Waals surface area contributed by atoms with E-state index in [2.05, 4.69) is 4.90 Å². The maximum absolute atomic E-state index is 11.1. The SMILES string of the molecule is Cc1cc(C(N)=O)ccc1CN1CCC(CC(=O)O)C1. The van der Waals surface area contributed by atoms with E-state index in [4.69, 9.17) is 10.8 Å². The molecule has 1 atom stereocenters. The quantitative estimate of drug-likeness (QED) is 0.851. The second-order valence-corrected chi connectivity index (χ2v) is 5.49. The highest BCUT2D eigenvalue weighted by atomic mass is 16.4. The van der Waals surface area contributed by atoms with Crippen LogP contribution in [0.2, 0.25) is 0 Å². The number of carboxylic acid groups (broad SMARTS) is 1. The number of primary amides is 1. The highest BCUT2D eigenvalue weighted by Crippen LogP contribution is 2.22. The van der Waals surface area contributed by atoms with Crippen LogP contribution in [-0.4, -0.2) is 35.0 Å². The summed E-state index contributed by atoms with van der Waals surface area (Å²) in [6, 6.07) is 5.48. The van der Waals surface area contributed by atoms with E-state index in [9.17, 15) is 9.59 Å². The van der Waals surface area contributed by atoms with Crippen LogP contribution in [0.25, 0.3) is 0 Å². The number of carbonyl (C=O) groups excluding carboxylic acids is 1. The second kappa shape index (κ2) is 6.05. The number of aliphatic carboxylic acids is 1. The number of nitrogens with zero attached hydrogens (tertiary/aromatic N) is 1. The second-order valence-electron chi connectivity index (χ2n) is 5.49. The fraction of sp³-hybridized carbons (Fsp3) is 0.467. The van der Waals surface area contributed by atoms with Gasteiger partial charge in [0.2, 0.25) is 5.91 Å². The van der Waals surface area contributed by atoms with Gasteiger partial charge in [-0.3, -0.25) is 14.5 Å². The summed E-state index contributed by atoms with van der Waals surface area (Å²) in [4.78, 5) is 24.1. The first-order valence-corrected chi connectivity index (χ1v) is 6.79. The Bertz CT molecular complexity index is 528. The highest BCUT2D eigenvalue weighted by Gasteiger charge is 2.24. The molecule has 1 heterocycles. The molecule has 1 amide bonds. The van der Waals surface area contributed by atoms with Crippen LogP contribution in [0.5, 0.6) is 0 Å². The highest BCUT2D eigenvalue weighted by molar-refractivity contribution is 5.93. The number of carboxylic acids is 1. The average molecular weight is 276 g/mol. The normalized spacial score (nSPS) is 19.1. The molecule has 20 heavy (non-hydrogen) atoms. The third-order valence-corrected chi connectivity index (χ3v) is 3.85. The Balaban J connectivity index is 1.97. The van der Waals surface area contributed by atoms with Gasteiger partial charge in [0, 0.05) is 25.1 Å². The maximum atomic E-state index is 11.1. The summed E-state index contributed by atoms with van der Waals surface area (Å²) >= 11 is 0. The molecule has 5 heteroatoms. The van der Waals surface area contributed by atoms with Crippen LogP contribution in [0.1, 0.15) is 34.3 Å². The fourth-order valence-corrected chi connectivity index (χ4v) is 2.74. The monoisotopic (exact) mass is 276 g/mol. The van der Waals surface area contributed by atoms with Crippen LogP contribution in [0, 0.1) is 12.8 Å². The summed E-state index contributed by atoms with van der Waals surface area (Å²) in [5.74, 6) is -0.890. The first-order valence-electron chi connectivity index (χ1n) is 6.79. The lowest BCUT2D eigenvalue weighted by Gasteiger charge is -2.17. The number of hydrogen-bond donors (Lipinski definition) is 2. The number of aryl methyl sites for hydroxylation is 1. The third-order valence-electron chi connectivity index (χ3n) is 3.85. The lowest BCUT2D eigenvalue weighted by atomic mass is 10.0. The van der Waals surface area contributed by atoms with Crippen molar-refractivity contribution in [3.8, 4) is 0 Å². The number of nitrogens with two attached hydrogens (primary N) is 1. The summed E-state index contributed by atoms with van der Waals surface area (Å²) < 4.78 is 0. The zero-order chi connectivity index (χ0) is 14.7. The van der Waals surface area contributed by atoms with Crippen molar-refractivity contribution in [1.82, 2.24) is 4.90 Å². The third kappa shape index (κ3) is 3.57. The minimum absolute atomic E-state index is 0.246. The lowest BCUT2D eigenvalue weighted by Crippen LogP contribution is -2.21. The Labute approximate surface area is 118 Å². The minimum atomic E-state index is -0.723. The lowest BCUT2D eigenvalue weighted by molar-refractivity contribution is -0.138. The van der Waals surface area contributed by atoms with E-state index < -0.39 is 11.9 Å². The van der Waals surface area contributed by atoms with E-state index in [0.29, 0.717) is 5.56 Å². The molecule has 1 unspecified atom stereocenters. The molecule has 1 fully saturated rings. The van der Waals surface area contributed by atoms with Gasteiger partial charge in [-0.1, -0.05) is 6.07 Å². The number of likely N-dealkylation sites (tertiary alicyclic amines) is 1. The molecule has 1 aromatic carbocycles. The number of carbonyl (C=O) groups is 2. The number of benzene rings is 1. The standard InChI is InChI=1S/C15H20N2O3/c1-10-6-12(15(16)20)2-3-13(10)9-17-5-4-11(8-17)7-14(18)19/h2-3,6,11H,4-5,7-9H2,1H3,(H2,16,20)(H,18,19). The van der Waals surface area contributed by atoms with Crippen molar-refractivity contribution >= 4 is 11.9 Å². The van der Waals surface area contributed by atoms with Gasteiger partial charge < -0.3 is 10.8 Å². The van der Waals surface area contributed by atoms with E-state index in [1.165, 1.54) is 0 Å². The number of hydrogen-bond acceptors (Lipinski definition) is 3. The Kier molecular flexibility index (Phi) is 4.39. The molecule has 2 rings (SSSR count). The van der Waals surface area contributed by atoms with Crippen molar-refractivity contribution in [2.45, 2.75) is 26.3 Å². The smallest absolute Gasteiger partial charge is 0.303 e. The molecular weight excluding hydrogens is 256 g/mol. The zero-order valence-electron chi connectivity index (χ0n) is 11.6. The zero-order valence-corrected chi connectivity index (χ0v) is 11.6. The molecule has 0 spiro atoms. The van der Waals surface area contributed by atoms with Crippen LogP contribution < -0.4 is 5.73 Å². The van der Waals surface area contributed by atoms with Gasteiger partial charge in [0.1, 0.15) is 0 Å². The van der Waals surface area contributed by atoms with Crippen molar-refractivity contribution in [3.05, 3.63) is 34.9 Å². The van der Waals surface area contributed by atoms with Gasteiger partial charge in [0.25, 0.3) is 0 Å². The molecule has 0 bridgehead atoms. The van der Waals surface area contributed by atoms with Crippen molar-refractivity contribution in [3.63, 3.8) is 0 Å². The molecule has 1 aliphatic heterocycles. The first-order chi connectivity index (χ1) is 9.45. The van der Waals surface area contributed by atoms with Gasteiger partial charge in [-0.2, -0.15) is 0 Å². The molecule has 1 saturated heterocycles. The summed E-state index contributed by atoms with van der Waals surface area (Å²) in [7, 11) is 0. The van der Waals surface area contributed by atoms with Crippen molar-refractivity contribution in [2.24, 2.45) is 11.7 Å². The predicted octanol–water partition coefficient (Wildman–Crippen LogP) is 1.39.